The molecule has 5 nitrogen and oxygen atoms in total. The van der Waals surface area contributed by atoms with Crippen molar-refractivity contribution in [3.8, 4) is 22.3 Å². The van der Waals surface area contributed by atoms with E-state index >= 15 is 0 Å². The highest BCUT2D eigenvalue weighted by atomic mass is 19.1. The minimum absolute atomic E-state index is 0.00259. The molecule has 0 bridgehead atoms. The number of pyridine rings is 1. The van der Waals surface area contributed by atoms with Crippen LogP contribution >= 0.6 is 0 Å². The van der Waals surface area contributed by atoms with Crippen LogP contribution in [0.5, 0.6) is 0 Å². The number of nitrogens with zero attached hydrogens (tertiary/aromatic N) is 1. The highest BCUT2D eigenvalue weighted by Crippen LogP contribution is 2.34. The van der Waals surface area contributed by atoms with E-state index in [4.69, 9.17) is 5.73 Å². The Morgan fingerprint density at radius 2 is 1.82 bits per heavy atom. The molecule has 2 heterocycles. The molecule has 1 aromatic heterocycles. The van der Waals surface area contributed by atoms with Gasteiger partial charge in [0.15, 0.2) is 0 Å². The zero-order valence-electron chi connectivity index (χ0n) is 18.6. The zero-order valence-corrected chi connectivity index (χ0v) is 18.6. The second kappa shape index (κ2) is 10.1. The molecule has 2 aromatic carbocycles. The standard InChI is InChI=1S/C26H28F2N4O/c1-16-20(8-11-31-15-33)12-21(13-24(16)27)23-14-22(25(28)32-26(23)29)19-4-2-17(3-5-19)18-6-9-30-10-7-18/h2-5,12-15,18,30H,6-11H2,1H3,(H2,29,32)(H,31,33). The lowest BCUT2D eigenvalue weighted by molar-refractivity contribution is -0.109. The quantitative estimate of drug-likeness (QED) is 0.284. The van der Waals surface area contributed by atoms with Crippen LogP contribution in [0.15, 0.2) is 42.5 Å². The molecule has 33 heavy (non-hydrogen) atoms. The Labute approximate surface area is 192 Å². The molecule has 0 saturated carbocycles. The number of halogens is 2. The van der Waals surface area contributed by atoms with Gasteiger partial charge in [0.25, 0.3) is 0 Å². The maximum Gasteiger partial charge on any atom is 0.222 e. The van der Waals surface area contributed by atoms with Crippen LogP contribution in [-0.2, 0) is 11.2 Å². The molecular formula is C26H28F2N4O. The Balaban J connectivity index is 1.68. The normalized spacial score (nSPS) is 14.3. The third kappa shape index (κ3) is 5.03. The number of carbonyl (C=O) groups excluding carboxylic acids is 1. The smallest absolute Gasteiger partial charge is 0.222 e. The third-order valence-corrected chi connectivity index (χ3v) is 6.42. The van der Waals surface area contributed by atoms with Gasteiger partial charge in [-0.3, -0.25) is 4.79 Å². The van der Waals surface area contributed by atoms with E-state index in [1.165, 1.54) is 11.6 Å². The molecule has 1 amide bonds. The fraction of sp³-hybridized carbons (Fsp3) is 0.308. The number of nitrogens with two attached hydrogens (primary N) is 1. The Hall–Kier alpha value is -3.32. The van der Waals surface area contributed by atoms with Crippen molar-refractivity contribution in [1.29, 1.82) is 0 Å². The van der Waals surface area contributed by atoms with E-state index in [9.17, 15) is 13.6 Å². The van der Waals surface area contributed by atoms with Crippen molar-refractivity contribution in [2.24, 2.45) is 0 Å². The number of carbonyl (C=O) groups is 1. The van der Waals surface area contributed by atoms with Crippen LogP contribution < -0.4 is 16.4 Å². The van der Waals surface area contributed by atoms with Gasteiger partial charge in [0.2, 0.25) is 12.4 Å². The Bertz CT molecular complexity index is 1140. The number of aromatic nitrogens is 1. The molecule has 0 spiro atoms. The number of nitrogens with one attached hydrogen (secondary N) is 2. The van der Waals surface area contributed by atoms with Crippen molar-refractivity contribution in [3.05, 3.63) is 70.9 Å². The Morgan fingerprint density at radius 1 is 1.09 bits per heavy atom. The summed E-state index contributed by atoms with van der Waals surface area (Å²) in [5.74, 6) is -0.533. The Morgan fingerprint density at radius 3 is 2.52 bits per heavy atom. The zero-order chi connectivity index (χ0) is 23.4. The van der Waals surface area contributed by atoms with Gasteiger partial charge in [-0.1, -0.05) is 30.3 Å². The average molecular weight is 451 g/mol. The molecule has 3 aromatic rings. The molecule has 0 atom stereocenters. The van der Waals surface area contributed by atoms with Crippen molar-refractivity contribution in [1.82, 2.24) is 15.6 Å². The van der Waals surface area contributed by atoms with Gasteiger partial charge in [0.1, 0.15) is 11.6 Å². The van der Waals surface area contributed by atoms with Gasteiger partial charge >= 0.3 is 0 Å². The number of hydrogen-bond donors (Lipinski definition) is 3. The van der Waals surface area contributed by atoms with Crippen LogP contribution in [-0.4, -0.2) is 31.0 Å². The van der Waals surface area contributed by atoms with Crippen molar-refractivity contribution in [2.45, 2.75) is 32.1 Å². The van der Waals surface area contributed by atoms with Crippen LogP contribution in [0.3, 0.4) is 0 Å². The first kappa shape index (κ1) is 22.9. The summed E-state index contributed by atoms with van der Waals surface area (Å²) in [5, 5.41) is 5.95. The van der Waals surface area contributed by atoms with E-state index in [2.05, 4.69) is 15.6 Å². The molecule has 0 radical (unpaired) electrons. The minimum Gasteiger partial charge on any atom is -0.383 e. The van der Waals surface area contributed by atoms with Crippen LogP contribution in [0, 0.1) is 18.7 Å². The number of benzene rings is 2. The largest absolute Gasteiger partial charge is 0.383 e. The van der Waals surface area contributed by atoms with E-state index in [1.54, 1.807) is 13.0 Å². The lowest BCUT2D eigenvalue weighted by Gasteiger charge is -2.23. The monoisotopic (exact) mass is 450 g/mol. The van der Waals surface area contributed by atoms with E-state index in [1.807, 2.05) is 30.3 Å². The molecule has 0 unspecified atom stereocenters. The van der Waals surface area contributed by atoms with Crippen molar-refractivity contribution < 1.29 is 13.6 Å². The minimum atomic E-state index is -0.658. The second-order valence-electron chi connectivity index (χ2n) is 8.47. The van der Waals surface area contributed by atoms with Crippen LogP contribution in [0.4, 0.5) is 14.6 Å². The number of hydrogen-bond acceptors (Lipinski definition) is 4. The fourth-order valence-electron chi connectivity index (χ4n) is 4.44. The van der Waals surface area contributed by atoms with Gasteiger partial charge < -0.3 is 16.4 Å². The number of piperidine rings is 1. The van der Waals surface area contributed by atoms with Crippen LogP contribution in [0.2, 0.25) is 0 Å². The predicted octanol–water partition coefficient (Wildman–Crippen LogP) is 4.34. The first-order valence-electron chi connectivity index (χ1n) is 11.2. The molecule has 1 saturated heterocycles. The summed E-state index contributed by atoms with van der Waals surface area (Å²) in [6, 6.07) is 12.7. The second-order valence-corrected chi connectivity index (χ2v) is 8.47. The Kier molecular flexibility index (Phi) is 6.99. The van der Waals surface area contributed by atoms with Gasteiger partial charge in [-0.05, 0) is 85.1 Å². The van der Waals surface area contributed by atoms with Gasteiger partial charge in [0, 0.05) is 17.7 Å². The van der Waals surface area contributed by atoms with E-state index in [0.29, 0.717) is 53.1 Å². The molecule has 0 aliphatic carbocycles. The summed E-state index contributed by atoms with van der Waals surface area (Å²) in [7, 11) is 0. The highest BCUT2D eigenvalue weighted by molar-refractivity contribution is 5.80. The van der Waals surface area contributed by atoms with Crippen molar-refractivity contribution >= 4 is 12.2 Å². The number of rotatable bonds is 7. The highest BCUT2D eigenvalue weighted by Gasteiger charge is 2.18. The first-order valence-corrected chi connectivity index (χ1v) is 11.2. The molecule has 4 N–H and O–H groups in total. The number of anilines is 1. The molecule has 4 rings (SSSR count). The van der Waals surface area contributed by atoms with Gasteiger partial charge in [-0.25, -0.2) is 9.37 Å². The van der Waals surface area contributed by atoms with Crippen LogP contribution in [0.1, 0.15) is 35.4 Å². The lowest BCUT2D eigenvalue weighted by Crippen LogP contribution is -2.26. The summed E-state index contributed by atoms with van der Waals surface area (Å²) in [5.41, 5.74) is 10.6. The van der Waals surface area contributed by atoms with E-state index in [-0.39, 0.29) is 11.6 Å². The van der Waals surface area contributed by atoms with E-state index < -0.39 is 5.95 Å². The van der Waals surface area contributed by atoms with Crippen molar-refractivity contribution in [3.63, 3.8) is 0 Å². The maximum absolute atomic E-state index is 14.8. The summed E-state index contributed by atoms with van der Waals surface area (Å²) in [6.45, 7) is 4.09. The first-order chi connectivity index (χ1) is 16.0. The number of nitrogen functional groups attached to an aromatic ring is 1. The van der Waals surface area contributed by atoms with Crippen molar-refractivity contribution in [2.75, 3.05) is 25.4 Å². The molecular weight excluding hydrogens is 422 g/mol. The van der Waals surface area contributed by atoms with Crippen LogP contribution in [0.25, 0.3) is 22.3 Å². The van der Waals surface area contributed by atoms with Gasteiger partial charge in [-0.15, -0.1) is 0 Å². The summed E-state index contributed by atoms with van der Waals surface area (Å²) in [6.07, 6.45) is 3.25. The van der Waals surface area contributed by atoms with Gasteiger partial charge in [0.05, 0.1) is 0 Å². The molecule has 7 heteroatoms. The summed E-state index contributed by atoms with van der Waals surface area (Å²) < 4.78 is 29.5. The molecule has 1 aliphatic heterocycles. The molecule has 1 aliphatic rings. The van der Waals surface area contributed by atoms with Gasteiger partial charge in [-0.2, -0.15) is 4.39 Å². The summed E-state index contributed by atoms with van der Waals surface area (Å²) in [4.78, 5) is 14.5. The summed E-state index contributed by atoms with van der Waals surface area (Å²) >= 11 is 0. The number of amides is 1. The SMILES string of the molecule is Cc1c(F)cc(-c2cc(-c3ccc(C4CCNCC4)cc3)c(F)nc2N)cc1CCNC=O. The fourth-order valence-corrected chi connectivity index (χ4v) is 4.44. The molecule has 172 valence electrons. The van der Waals surface area contributed by atoms with E-state index in [0.717, 1.165) is 31.5 Å². The average Bonchev–Trinajstić information content (AvgIpc) is 2.83. The third-order valence-electron chi connectivity index (χ3n) is 6.42. The maximum atomic E-state index is 14.8. The predicted molar refractivity (Wildman–Crippen MR) is 127 cm³/mol. The lowest BCUT2D eigenvalue weighted by atomic mass is 9.89. The molecule has 1 fully saturated rings. The topological polar surface area (TPSA) is 80.0 Å².